The Morgan fingerprint density at radius 2 is 1.93 bits per heavy atom. The molecule has 1 aliphatic heterocycles. The Labute approximate surface area is 162 Å². The molecule has 5 nitrogen and oxygen atoms in total. The summed E-state index contributed by atoms with van der Waals surface area (Å²) in [5.41, 5.74) is -0.252. The molecule has 0 N–H and O–H groups in total. The lowest BCUT2D eigenvalue weighted by Gasteiger charge is -2.39. The summed E-state index contributed by atoms with van der Waals surface area (Å²) in [6.07, 6.45) is 3.38. The van der Waals surface area contributed by atoms with E-state index in [2.05, 4.69) is 23.8 Å². The first-order valence-corrected chi connectivity index (χ1v) is 9.37. The van der Waals surface area contributed by atoms with Gasteiger partial charge in [0.1, 0.15) is 16.5 Å². The molecule has 27 heavy (non-hydrogen) atoms. The molecule has 2 aromatic rings. The molecule has 0 saturated carbocycles. The Morgan fingerprint density at radius 3 is 2.52 bits per heavy atom. The van der Waals surface area contributed by atoms with Crippen LogP contribution in [0.15, 0.2) is 29.2 Å². The molecule has 3 rings (SSSR count). The van der Waals surface area contributed by atoms with Gasteiger partial charge >= 0.3 is 0 Å². The van der Waals surface area contributed by atoms with Crippen LogP contribution in [0.1, 0.15) is 26.7 Å². The van der Waals surface area contributed by atoms with Crippen LogP contribution in [0.4, 0.5) is 14.5 Å². The van der Waals surface area contributed by atoms with Gasteiger partial charge in [-0.15, -0.1) is 0 Å². The van der Waals surface area contributed by atoms with Gasteiger partial charge in [0.05, 0.1) is 11.9 Å². The Kier molecular flexibility index (Phi) is 5.81. The van der Waals surface area contributed by atoms with E-state index in [1.165, 1.54) is 12.3 Å². The second-order valence-electron chi connectivity index (χ2n) is 7.13. The monoisotopic (exact) mass is 396 g/mol. The molecule has 8 heteroatoms. The van der Waals surface area contributed by atoms with Crippen molar-refractivity contribution < 1.29 is 8.78 Å². The number of halogens is 3. The number of hydrogen-bond acceptors (Lipinski definition) is 4. The van der Waals surface area contributed by atoms with Crippen LogP contribution >= 0.6 is 11.6 Å². The Balaban J connectivity index is 1.86. The summed E-state index contributed by atoms with van der Waals surface area (Å²) in [5.74, 6) is -1.60. The minimum absolute atomic E-state index is 0.0254. The van der Waals surface area contributed by atoms with Crippen molar-refractivity contribution in [3.63, 3.8) is 0 Å². The van der Waals surface area contributed by atoms with Crippen LogP contribution in [0.25, 0.3) is 5.69 Å². The highest BCUT2D eigenvalue weighted by atomic mass is 35.5. The van der Waals surface area contributed by atoms with E-state index in [-0.39, 0.29) is 16.8 Å². The standard InChI is InChI=1S/C19H23ClF2N4O/c1-12(2)25-8-6-14(7-9-25)24(3)17-11-23-26(19(27)18(17)20)16-5-4-13(21)10-15(16)22/h4-5,10-12,14H,6-9H2,1-3H3. The molecule has 0 unspecified atom stereocenters. The fourth-order valence-corrected chi connectivity index (χ4v) is 3.74. The third kappa shape index (κ3) is 3.99. The maximum absolute atomic E-state index is 14.0. The van der Waals surface area contributed by atoms with Crippen molar-refractivity contribution in [1.82, 2.24) is 14.7 Å². The number of likely N-dealkylation sites (tertiary alicyclic amines) is 1. The number of anilines is 1. The van der Waals surface area contributed by atoms with Gasteiger partial charge in [-0.25, -0.2) is 8.78 Å². The molecule has 0 bridgehead atoms. The highest BCUT2D eigenvalue weighted by molar-refractivity contribution is 6.33. The average Bonchev–Trinajstić information content (AvgIpc) is 2.64. The van der Waals surface area contributed by atoms with Gasteiger partial charge in [0, 0.05) is 38.3 Å². The predicted octanol–water partition coefficient (Wildman–Crippen LogP) is 3.47. The molecule has 1 saturated heterocycles. The minimum Gasteiger partial charge on any atom is -0.369 e. The van der Waals surface area contributed by atoms with Crippen LogP contribution in [0, 0.1) is 11.6 Å². The summed E-state index contributed by atoms with van der Waals surface area (Å²) >= 11 is 6.30. The van der Waals surface area contributed by atoms with Crippen molar-refractivity contribution in [2.75, 3.05) is 25.0 Å². The molecule has 0 spiro atoms. The number of piperidine rings is 1. The minimum atomic E-state index is -0.872. The smallest absolute Gasteiger partial charge is 0.292 e. The van der Waals surface area contributed by atoms with E-state index in [9.17, 15) is 13.6 Å². The number of hydrogen-bond donors (Lipinski definition) is 0. The maximum atomic E-state index is 14.0. The molecular weight excluding hydrogens is 374 g/mol. The van der Waals surface area contributed by atoms with E-state index in [1.807, 2.05) is 11.9 Å². The Morgan fingerprint density at radius 1 is 1.26 bits per heavy atom. The van der Waals surface area contributed by atoms with Gasteiger partial charge < -0.3 is 9.80 Å². The number of nitrogens with zero attached hydrogens (tertiary/aromatic N) is 4. The fraction of sp³-hybridized carbons (Fsp3) is 0.474. The van der Waals surface area contributed by atoms with Gasteiger partial charge in [-0.1, -0.05) is 11.6 Å². The van der Waals surface area contributed by atoms with Gasteiger partial charge in [0.25, 0.3) is 5.56 Å². The zero-order valence-corrected chi connectivity index (χ0v) is 16.4. The molecule has 1 aliphatic rings. The second-order valence-corrected chi connectivity index (χ2v) is 7.51. The third-order valence-electron chi connectivity index (χ3n) is 5.20. The van der Waals surface area contributed by atoms with Crippen LogP contribution in [-0.4, -0.2) is 46.9 Å². The lowest BCUT2D eigenvalue weighted by Crippen LogP contribution is -2.46. The number of rotatable bonds is 4. The molecule has 1 aromatic heterocycles. The molecule has 2 heterocycles. The fourth-order valence-electron chi connectivity index (χ4n) is 3.48. The van der Waals surface area contributed by atoms with E-state index < -0.39 is 17.2 Å². The highest BCUT2D eigenvalue weighted by Gasteiger charge is 2.26. The normalized spacial score (nSPS) is 16.1. The second kappa shape index (κ2) is 7.94. The summed E-state index contributed by atoms with van der Waals surface area (Å²) in [5, 5.41) is 4.04. The number of benzene rings is 1. The van der Waals surface area contributed by atoms with Crippen LogP contribution in [0.5, 0.6) is 0 Å². The van der Waals surface area contributed by atoms with Crippen molar-refractivity contribution in [2.45, 2.75) is 38.8 Å². The van der Waals surface area contributed by atoms with E-state index in [1.54, 1.807) is 0 Å². The molecular formula is C19H23ClF2N4O. The molecule has 0 atom stereocenters. The largest absolute Gasteiger partial charge is 0.369 e. The lowest BCUT2D eigenvalue weighted by molar-refractivity contribution is 0.171. The van der Waals surface area contributed by atoms with E-state index >= 15 is 0 Å². The first-order chi connectivity index (χ1) is 12.8. The van der Waals surface area contributed by atoms with Crippen molar-refractivity contribution in [3.05, 3.63) is 51.4 Å². The zero-order valence-electron chi connectivity index (χ0n) is 15.6. The van der Waals surface area contributed by atoms with Crippen molar-refractivity contribution in [3.8, 4) is 5.69 Å². The van der Waals surface area contributed by atoms with Crippen molar-refractivity contribution in [1.29, 1.82) is 0 Å². The summed E-state index contributed by atoms with van der Waals surface area (Å²) in [6.45, 7) is 6.32. The topological polar surface area (TPSA) is 41.4 Å². The van der Waals surface area contributed by atoms with Crippen molar-refractivity contribution in [2.24, 2.45) is 0 Å². The quantitative estimate of drug-likeness (QED) is 0.793. The SMILES string of the molecule is CC(C)N1CCC(N(C)c2cnn(-c3ccc(F)cc3F)c(=O)c2Cl)CC1. The van der Waals surface area contributed by atoms with Crippen LogP contribution in [-0.2, 0) is 0 Å². The summed E-state index contributed by atoms with van der Waals surface area (Å²) in [7, 11) is 1.89. The Bertz CT molecular complexity index is 878. The predicted molar refractivity (Wildman–Crippen MR) is 103 cm³/mol. The maximum Gasteiger partial charge on any atom is 0.292 e. The van der Waals surface area contributed by atoms with Gasteiger partial charge in [-0.05, 0) is 38.8 Å². The van der Waals surface area contributed by atoms with E-state index in [0.29, 0.717) is 17.8 Å². The van der Waals surface area contributed by atoms with Gasteiger partial charge in [0.15, 0.2) is 5.82 Å². The lowest BCUT2D eigenvalue weighted by atomic mass is 10.0. The van der Waals surface area contributed by atoms with E-state index in [4.69, 9.17) is 11.6 Å². The molecule has 0 aliphatic carbocycles. The summed E-state index contributed by atoms with van der Waals surface area (Å²) in [6, 6.07) is 3.71. The number of aromatic nitrogens is 2. The molecule has 1 fully saturated rings. The third-order valence-corrected chi connectivity index (χ3v) is 5.55. The van der Waals surface area contributed by atoms with Crippen molar-refractivity contribution >= 4 is 17.3 Å². The van der Waals surface area contributed by atoms with Crippen LogP contribution < -0.4 is 10.5 Å². The molecule has 0 radical (unpaired) electrons. The Hall–Kier alpha value is -1.99. The van der Waals surface area contributed by atoms with Gasteiger partial charge in [-0.2, -0.15) is 9.78 Å². The van der Waals surface area contributed by atoms with Crippen LogP contribution in [0.3, 0.4) is 0 Å². The summed E-state index contributed by atoms with van der Waals surface area (Å²) < 4.78 is 28.0. The zero-order chi connectivity index (χ0) is 19.7. The van der Waals surface area contributed by atoms with Gasteiger partial charge in [0.2, 0.25) is 0 Å². The first kappa shape index (κ1) is 19.8. The molecule has 146 valence electrons. The molecule has 0 amide bonds. The molecule has 1 aromatic carbocycles. The highest BCUT2D eigenvalue weighted by Crippen LogP contribution is 2.27. The van der Waals surface area contributed by atoms with Crippen LogP contribution in [0.2, 0.25) is 5.02 Å². The summed E-state index contributed by atoms with van der Waals surface area (Å²) in [4.78, 5) is 17.0. The van der Waals surface area contributed by atoms with E-state index in [0.717, 1.165) is 36.7 Å². The first-order valence-electron chi connectivity index (χ1n) is 8.99. The average molecular weight is 397 g/mol. The van der Waals surface area contributed by atoms with Gasteiger partial charge in [-0.3, -0.25) is 4.79 Å².